The topological polar surface area (TPSA) is 85.0 Å². The van der Waals surface area contributed by atoms with Gasteiger partial charge < -0.3 is 20.4 Å². The minimum atomic E-state index is -0.678. The van der Waals surface area contributed by atoms with Crippen molar-refractivity contribution in [1.82, 2.24) is 25.3 Å². The predicted octanol–water partition coefficient (Wildman–Crippen LogP) is 2.33. The summed E-state index contributed by atoms with van der Waals surface area (Å²) in [4.78, 5) is 46.0. The summed E-state index contributed by atoms with van der Waals surface area (Å²) in [6, 6.07) is 7.46. The van der Waals surface area contributed by atoms with Crippen molar-refractivity contribution < 1.29 is 14.4 Å². The molecule has 4 atom stereocenters. The van der Waals surface area contributed by atoms with Gasteiger partial charge in [0.1, 0.15) is 6.04 Å². The smallest absolute Gasteiger partial charge is 0.249 e. The van der Waals surface area contributed by atoms with Gasteiger partial charge in [-0.15, -0.1) is 0 Å². The fourth-order valence-corrected chi connectivity index (χ4v) is 6.18. The first kappa shape index (κ1) is 27.6. The van der Waals surface area contributed by atoms with Crippen molar-refractivity contribution in [2.24, 2.45) is 11.8 Å². The summed E-state index contributed by atoms with van der Waals surface area (Å²) in [6.07, 6.45) is 7.24. The highest BCUT2D eigenvalue weighted by Gasteiger charge is 2.38. The van der Waals surface area contributed by atoms with Gasteiger partial charge in [-0.3, -0.25) is 19.3 Å². The fraction of sp³-hybridized carbons (Fsp3) is 0.690. The molecule has 2 saturated heterocycles. The van der Waals surface area contributed by atoms with E-state index in [0.29, 0.717) is 19.6 Å². The number of nitrogens with one attached hydrogen (secondary N) is 2. The van der Waals surface area contributed by atoms with Gasteiger partial charge in [0.25, 0.3) is 0 Å². The van der Waals surface area contributed by atoms with Crippen LogP contribution in [-0.4, -0.2) is 91.8 Å². The van der Waals surface area contributed by atoms with Crippen molar-refractivity contribution in [2.45, 2.75) is 64.0 Å². The molecule has 8 nitrogen and oxygen atoms in total. The maximum atomic E-state index is 13.8. The number of piperazine rings is 1. The second-order valence-corrected chi connectivity index (χ2v) is 11.3. The first-order valence-electron chi connectivity index (χ1n) is 14.2. The number of hydrogen-bond acceptors (Lipinski definition) is 5. The largest absolute Gasteiger partial charge is 0.349 e. The Morgan fingerprint density at radius 2 is 1.65 bits per heavy atom. The molecule has 2 N–H and O–H groups in total. The number of aryl methyl sites for hydroxylation is 1. The quantitative estimate of drug-likeness (QED) is 0.573. The van der Waals surface area contributed by atoms with Crippen LogP contribution in [-0.2, 0) is 14.4 Å². The molecule has 4 unspecified atom stereocenters. The Kier molecular flexibility index (Phi) is 9.60. The molecule has 0 bridgehead atoms. The van der Waals surface area contributed by atoms with E-state index in [9.17, 15) is 14.4 Å². The highest BCUT2D eigenvalue weighted by atomic mass is 16.2. The van der Waals surface area contributed by atoms with Crippen LogP contribution in [0, 0.1) is 18.8 Å². The lowest BCUT2D eigenvalue weighted by molar-refractivity contribution is -0.141. The Labute approximate surface area is 222 Å². The van der Waals surface area contributed by atoms with Gasteiger partial charge in [-0.1, -0.05) is 49.1 Å². The van der Waals surface area contributed by atoms with Gasteiger partial charge in [-0.2, -0.15) is 0 Å². The third-order valence-corrected chi connectivity index (χ3v) is 8.44. The lowest BCUT2D eigenvalue weighted by atomic mass is 9.91. The lowest BCUT2D eigenvalue weighted by Gasteiger charge is -2.42. The van der Waals surface area contributed by atoms with Crippen LogP contribution < -0.4 is 10.6 Å². The van der Waals surface area contributed by atoms with Gasteiger partial charge in [-0.05, 0) is 44.7 Å². The molecule has 3 amide bonds. The maximum absolute atomic E-state index is 13.8. The van der Waals surface area contributed by atoms with Crippen molar-refractivity contribution in [3.8, 4) is 0 Å². The molecule has 2 heterocycles. The number of carbonyl (C=O) groups is 3. The second-order valence-electron chi connectivity index (χ2n) is 11.3. The molecule has 204 valence electrons. The van der Waals surface area contributed by atoms with E-state index < -0.39 is 6.04 Å². The molecule has 0 spiro atoms. The molecule has 1 saturated carbocycles. The van der Waals surface area contributed by atoms with E-state index in [1.807, 2.05) is 50.2 Å². The van der Waals surface area contributed by atoms with Gasteiger partial charge in [0, 0.05) is 52.9 Å². The number of nitrogens with zero attached hydrogens (tertiary/aromatic N) is 3. The van der Waals surface area contributed by atoms with Crippen molar-refractivity contribution in [3.05, 3.63) is 35.4 Å². The van der Waals surface area contributed by atoms with Crippen LogP contribution in [0.4, 0.5) is 0 Å². The molecule has 1 aromatic rings. The van der Waals surface area contributed by atoms with Crippen molar-refractivity contribution in [1.29, 1.82) is 0 Å². The van der Waals surface area contributed by atoms with E-state index in [-0.39, 0.29) is 35.6 Å². The number of benzene rings is 1. The number of piperidine rings is 1. The van der Waals surface area contributed by atoms with E-state index in [1.54, 1.807) is 4.90 Å². The third-order valence-electron chi connectivity index (χ3n) is 8.44. The molecular formula is C29H45N5O3. The Morgan fingerprint density at radius 1 is 0.946 bits per heavy atom. The van der Waals surface area contributed by atoms with Crippen LogP contribution in [0.3, 0.4) is 0 Å². The molecule has 0 radical (unpaired) electrons. The summed E-state index contributed by atoms with van der Waals surface area (Å²) in [5.41, 5.74) is 1.95. The summed E-state index contributed by atoms with van der Waals surface area (Å²) < 4.78 is 0. The number of amides is 3. The average Bonchev–Trinajstić information content (AvgIpc) is 3.18. The Morgan fingerprint density at radius 3 is 2.30 bits per heavy atom. The zero-order valence-corrected chi connectivity index (χ0v) is 22.9. The summed E-state index contributed by atoms with van der Waals surface area (Å²) in [5.74, 6) is 0.0663. The normalized spacial score (nSPS) is 26.1. The van der Waals surface area contributed by atoms with E-state index in [2.05, 4.69) is 15.5 Å². The van der Waals surface area contributed by atoms with E-state index in [1.165, 1.54) is 6.42 Å². The number of hydrogen-bond donors (Lipinski definition) is 2. The molecule has 1 aliphatic carbocycles. The summed E-state index contributed by atoms with van der Waals surface area (Å²) >= 11 is 0. The van der Waals surface area contributed by atoms with Gasteiger partial charge in [0.05, 0.1) is 11.8 Å². The zero-order valence-electron chi connectivity index (χ0n) is 22.9. The van der Waals surface area contributed by atoms with Gasteiger partial charge in [0.15, 0.2) is 0 Å². The standard InChI is InChI=1S/C29H45N5O3/c1-21-11-13-22(14-12-21)26(31-27(35)23-8-7-15-30-20-23)29(37)34-18-16-33(17-19-34)25-10-6-4-5-9-24(25)28(36)32(2)3/h11-14,23-26,30H,4-10,15-20H2,1-3H3,(H,31,35). The molecule has 3 aliphatic rings. The third kappa shape index (κ3) is 6.90. The average molecular weight is 512 g/mol. The number of rotatable bonds is 6. The molecule has 0 aromatic heterocycles. The Balaban J connectivity index is 1.44. The minimum absolute atomic E-state index is 0.0310. The van der Waals surface area contributed by atoms with Crippen LogP contribution in [0.15, 0.2) is 24.3 Å². The van der Waals surface area contributed by atoms with Crippen LogP contribution in [0.1, 0.15) is 62.1 Å². The van der Waals surface area contributed by atoms with E-state index >= 15 is 0 Å². The van der Waals surface area contributed by atoms with Crippen molar-refractivity contribution in [2.75, 3.05) is 53.4 Å². The van der Waals surface area contributed by atoms with Crippen LogP contribution in [0.25, 0.3) is 0 Å². The molecule has 2 aliphatic heterocycles. The van der Waals surface area contributed by atoms with Crippen LogP contribution in [0.2, 0.25) is 0 Å². The maximum Gasteiger partial charge on any atom is 0.249 e. The van der Waals surface area contributed by atoms with Crippen LogP contribution in [0.5, 0.6) is 0 Å². The van der Waals surface area contributed by atoms with Crippen molar-refractivity contribution in [3.63, 3.8) is 0 Å². The molecular weight excluding hydrogens is 466 g/mol. The summed E-state index contributed by atoms with van der Waals surface area (Å²) in [7, 11) is 3.70. The predicted molar refractivity (Wildman–Crippen MR) is 145 cm³/mol. The highest BCUT2D eigenvalue weighted by Crippen LogP contribution is 2.30. The zero-order chi connectivity index (χ0) is 26.4. The SMILES string of the molecule is Cc1ccc(C(NC(=O)C2CCCNC2)C(=O)N2CCN(C3CCCCCC3C(=O)N(C)C)CC2)cc1. The monoisotopic (exact) mass is 511 g/mol. The van der Waals surface area contributed by atoms with Crippen molar-refractivity contribution >= 4 is 17.7 Å². The first-order valence-corrected chi connectivity index (χ1v) is 14.2. The Hall–Kier alpha value is -2.45. The van der Waals surface area contributed by atoms with E-state index in [4.69, 9.17) is 0 Å². The molecule has 8 heteroatoms. The minimum Gasteiger partial charge on any atom is -0.349 e. The highest BCUT2D eigenvalue weighted by molar-refractivity contribution is 5.89. The van der Waals surface area contributed by atoms with Gasteiger partial charge in [0.2, 0.25) is 17.7 Å². The second kappa shape index (κ2) is 12.9. The Bertz CT molecular complexity index is 920. The van der Waals surface area contributed by atoms with Gasteiger partial charge in [-0.25, -0.2) is 0 Å². The number of carbonyl (C=O) groups excluding carboxylic acids is 3. The molecule has 3 fully saturated rings. The lowest BCUT2D eigenvalue weighted by Crippen LogP contribution is -2.57. The fourth-order valence-electron chi connectivity index (χ4n) is 6.18. The first-order chi connectivity index (χ1) is 17.8. The van der Waals surface area contributed by atoms with Gasteiger partial charge >= 0.3 is 0 Å². The summed E-state index contributed by atoms with van der Waals surface area (Å²) in [6.45, 7) is 6.37. The molecule has 1 aromatic carbocycles. The molecule has 4 rings (SSSR count). The van der Waals surface area contributed by atoms with E-state index in [0.717, 1.165) is 69.3 Å². The van der Waals surface area contributed by atoms with Crippen LogP contribution >= 0.6 is 0 Å². The summed E-state index contributed by atoms with van der Waals surface area (Å²) in [5, 5.41) is 6.40. The molecule has 37 heavy (non-hydrogen) atoms.